The number of alkyl halides is 3. The number of rotatable bonds is 6. The van der Waals surface area contributed by atoms with Crippen LogP contribution in [-0.2, 0) is 12.7 Å². The quantitative estimate of drug-likeness (QED) is 0.354. The van der Waals surface area contributed by atoms with Crippen LogP contribution in [0, 0.1) is 17.5 Å². The van der Waals surface area contributed by atoms with E-state index in [2.05, 4.69) is 15.1 Å². The topological polar surface area (TPSA) is 57.4 Å². The lowest BCUT2D eigenvalue weighted by Crippen LogP contribution is -2.54. The number of halogens is 3. The van der Waals surface area contributed by atoms with Crippen molar-refractivity contribution in [2.45, 2.75) is 63.6 Å². The summed E-state index contributed by atoms with van der Waals surface area (Å²) in [4.78, 5) is 15.8. The van der Waals surface area contributed by atoms with E-state index in [4.69, 9.17) is 0 Å². The van der Waals surface area contributed by atoms with Gasteiger partial charge in [0.2, 0.25) is 0 Å². The number of aromatic nitrogens is 2. The third-order valence-electron chi connectivity index (χ3n) is 9.47. The van der Waals surface area contributed by atoms with Gasteiger partial charge in [-0.05, 0) is 71.5 Å². The molecule has 4 heterocycles. The summed E-state index contributed by atoms with van der Waals surface area (Å²) in [5.41, 5.74) is 0.965. The number of benzene rings is 1. The first-order valence-corrected chi connectivity index (χ1v) is 14.2. The van der Waals surface area contributed by atoms with Crippen molar-refractivity contribution in [1.29, 1.82) is 0 Å². The van der Waals surface area contributed by atoms with Crippen molar-refractivity contribution in [3.63, 3.8) is 0 Å². The summed E-state index contributed by atoms with van der Waals surface area (Å²) in [5, 5.41) is 8.44. The number of pyridine rings is 1. The van der Waals surface area contributed by atoms with Crippen LogP contribution in [0.1, 0.15) is 67.6 Å². The zero-order valence-corrected chi connectivity index (χ0v) is 22.6. The molecule has 1 aromatic carbocycles. The SMILES string of the molecule is C[N+]1=CN=N[C]1[C@@H](c1cccc(-n2cc3c(C(F)(F)F)cc(CN4CC5(CCCC5)C4)cn3c2=O)c1)C1CCC1. The summed E-state index contributed by atoms with van der Waals surface area (Å²) >= 11 is 0. The number of likely N-dealkylation sites (N-methyl/N-ethyl adjacent to an activating group) is 1. The molecule has 0 amide bonds. The molecule has 7 nitrogen and oxygen atoms in total. The van der Waals surface area contributed by atoms with Gasteiger partial charge < -0.3 is 0 Å². The molecule has 7 rings (SSSR count). The minimum atomic E-state index is -4.58. The monoisotopic (exact) mass is 550 g/mol. The maximum Gasteiger partial charge on any atom is 0.418 e. The van der Waals surface area contributed by atoms with Crippen molar-refractivity contribution < 1.29 is 17.7 Å². The Morgan fingerprint density at radius 2 is 1.88 bits per heavy atom. The van der Waals surface area contributed by atoms with Gasteiger partial charge in [0, 0.05) is 32.0 Å². The van der Waals surface area contributed by atoms with E-state index in [0.29, 0.717) is 29.1 Å². The molecule has 4 aliphatic rings. The van der Waals surface area contributed by atoms with Crippen molar-refractivity contribution in [3.05, 3.63) is 76.1 Å². The third kappa shape index (κ3) is 4.31. The number of hydrogen-bond donors (Lipinski definition) is 0. The van der Waals surface area contributed by atoms with Crippen LogP contribution in [-0.4, -0.2) is 44.9 Å². The average Bonchev–Trinajstić information content (AvgIpc) is 3.60. The van der Waals surface area contributed by atoms with E-state index in [0.717, 1.165) is 44.1 Å². The van der Waals surface area contributed by atoms with Gasteiger partial charge in [0.15, 0.2) is 0 Å². The summed E-state index contributed by atoms with van der Waals surface area (Å²) < 4.78 is 47.2. The molecule has 2 aliphatic heterocycles. The van der Waals surface area contributed by atoms with Crippen molar-refractivity contribution >= 4 is 11.9 Å². The zero-order valence-electron chi connectivity index (χ0n) is 22.6. The number of imidazole rings is 1. The fourth-order valence-electron chi connectivity index (χ4n) is 7.30. The van der Waals surface area contributed by atoms with Gasteiger partial charge in [0.05, 0.1) is 34.8 Å². The van der Waals surface area contributed by atoms with E-state index in [1.54, 1.807) is 18.6 Å². The molecular formula is C30H33F3N6O+. The Bertz CT molecular complexity index is 1570. The van der Waals surface area contributed by atoms with E-state index >= 15 is 0 Å². The lowest BCUT2D eigenvalue weighted by Gasteiger charge is -2.48. The number of hydrogen-bond acceptors (Lipinski definition) is 4. The molecule has 2 aliphatic carbocycles. The Kier molecular flexibility index (Phi) is 6.03. The molecule has 0 bridgehead atoms. The molecule has 3 fully saturated rings. The molecule has 0 N–H and O–H groups in total. The van der Waals surface area contributed by atoms with Gasteiger partial charge in [0.1, 0.15) is 0 Å². The van der Waals surface area contributed by atoms with Crippen LogP contribution >= 0.6 is 0 Å². The molecule has 3 aromatic rings. The van der Waals surface area contributed by atoms with E-state index in [9.17, 15) is 18.0 Å². The number of nitrogens with zero attached hydrogens (tertiary/aromatic N) is 6. The molecule has 1 spiro atoms. The number of likely N-dealkylation sites (tertiary alicyclic amines) is 1. The maximum absolute atomic E-state index is 14.3. The smallest absolute Gasteiger partial charge is 0.298 e. The number of azo groups is 1. The first-order chi connectivity index (χ1) is 19.2. The third-order valence-corrected chi connectivity index (χ3v) is 9.47. The highest BCUT2D eigenvalue weighted by Crippen LogP contribution is 2.47. The van der Waals surface area contributed by atoms with Gasteiger partial charge in [-0.15, -0.1) is 0 Å². The minimum Gasteiger partial charge on any atom is -0.298 e. The second-order valence-corrected chi connectivity index (χ2v) is 12.2. The van der Waals surface area contributed by atoms with Gasteiger partial charge in [0.25, 0.3) is 0 Å². The standard InChI is InChI=1S/C30H33F3N6O/c1-36-19-34-35-27(36)26(21-6-4-7-21)22-8-5-9-23(13-22)38-16-25-24(30(31,32)33)12-20(15-39(25)28(38)40)14-37-17-29(18-37)10-2-3-11-29/h5,8-9,12-13,15-16,19,21,26H,2-4,6-7,10-11,14,17-18H2,1H3/q+1/t26-/m1/s1. The maximum atomic E-state index is 14.3. The Balaban J connectivity index is 1.25. The summed E-state index contributed by atoms with van der Waals surface area (Å²) in [7, 11) is 1.92. The minimum absolute atomic E-state index is 0.00552. The summed E-state index contributed by atoms with van der Waals surface area (Å²) in [6.07, 6.45) is 9.06. The Morgan fingerprint density at radius 3 is 2.52 bits per heavy atom. The van der Waals surface area contributed by atoms with Crippen molar-refractivity contribution in [3.8, 4) is 5.69 Å². The van der Waals surface area contributed by atoms with Crippen LogP contribution in [0.25, 0.3) is 11.2 Å². The highest BCUT2D eigenvalue weighted by molar-refractivity contribution is 5.58. The fraction of sp³-hybridized carbons (Fsp3) is 0.500. The Hall–Kier alpha value is -3.27. The summed E-state index contributed by atoms with van der Waals surface area (Å²) in [6.45, 7) is 2.25. The molecule has 2 saturated carbocycles. The molecule has 1 atom stereocenters. The van der Waals surface area contributed by atoms with Gasteiger partial charge >= 0.3 is 24.4 Å². The Labute approximate surface area is 230 Å². The predicted molar refractivity (Wildman–Crippen MR) is 145 cm³/mol. The van der Waals surface area contributed by atoms with E-state index in [1.165, 1.54) is 46.9 Å². The van der Waals surface area contributed by atoms with Crippen LogP contribution in [0.2, 0.25) is 0 Å². The van der Waals surface area contributed by atoms with Crippen molar-refractivity contribution in [2.24, 2.45) is 21.6 Å². The van der Waals surface area contributed by atoms with Crippen LogP contribution in [0.5, 0.6) is 0 Å². The average molecular weight is 551 g/mol. The van der Waals surface area contributed by atoms with E-state index in [1.807, 2.05) is 29.8 Å². The van der Waals surface area contributed by atoms with Gasteiger partial charge in [-0.2, -0.15) is 13.2 Å². The zero-order chi connectivity index (χ0) is 27.6. The molecule has 10 heteroatoms. The normalized spacial score (nSPS) is 22.1. The van der Waals surface area contributed by atoms with E-state index in [-0.39, 0.29) is 11.4 Å². The molecular weight excluding hydrogens is 517 g/mol. The number of fused-ring (bicyclic) bond motifs is 1. The van der Waals surface area contributed by atoms with Gasteiger partial charge in [-0.3, -0.25) is 13.9 Å². The largest absolute Gasteiger partial charge is 0.418 e. The molecule has 209 valence electrons. The molecule has 1 saturated heterocycles. The van der Waals surface area contributed by atoms with Crippen LogP contribution in [0.3, 0.4) is 0 Å². The summed E-state index contributed by atoms with van der Waals surface area (Å²) in [5.74, 6) is 0.415. The van der Waals surface area contributed by atoms with Crippen molar-refractivity contribution in [2.75, 3.05) is 20.1 Å². The lowest BCUT2D eigenvalue weighted by atomic mass is 9.71. The van der Waals surface area contributed by atoms with Crippen molar-refractivity contribution in [1.82, 2.24) is 13.9 Å². The van der Waals surface area contributed by atoms with Crippen LogP contribution in [0.4, 0.5) is 13.2 Å². The first kappa shape index (κ1) is 25.7. The molecule has 2 aromatic heterocycles. The molecule has 1 radical (unpaired) electrons. The van der Waals surface area contributed by atoms with Gasteiger partial charge in [-0.25, -0.2) is 9.37 Å². The predicted octanol–water partition coefficient (Wildman–Crippen LogP) is 5.99. The van der Waals surface area contributed by atoms with E-state index < -0.39 is 17.4 Å². The van der Waals surface area contributed by atoms with Crippen LogP contribution in [0.15, 0.2) is 57.7 Å². The summed E-state index contributed by atoms with van der Waals surface area (Å²) in [6, 6.07) is 8.77. The highest BCUT2D eigenvalue weighted by atomic mass is 19.4. The lowest BCUT2D eigenvalue weighted by molar-refractivity contribution is -0.480. The van der Waals surface area contributed by atoms with Gasteiger partial charge in [-0.1, -0.05) is 31.4 Å². The Morgan fingerprint density at radius 1 is 1.10 bits per heavy atom. The molecule has 40 heavy (non-hydrogen) atoms. The molecule has 0 unspecified atom stereocenters. The highest BCUT2D eigenvalue weighted by Gasteiger charge is 2.45. The first-order valence-electron chi connectivity index (χ1n) is 14.2. The van der Waals surface area contributed by atoms with Crippen LogP contribution < -0.4 is 5.69 Å². The fourth-order valence-corrected chi connectivity index (χ4v) is 7.30. The second-order valence-electron chi connectivity index (χ2n) is 12.2. The second kappa shape index (κ2) is 9.39.